The van der Waals surface area contributed by atoms with E-state index in [2.05, 4.69) is 5.32 Å². The van der Waals surface area contributed by atoms with E-state index in [1.54, 1.807) is 4.90 Å². The van der Waals surface area contributed by atoms with Crippen LogP contribution in [0.5, 0.6) is 11.5 Å². The van der Waals surface area contributed by atoms with Gasteiger partial charge in [-0.15, -0.1) is 0 Å². The standard InChI is InChI=1S/C33H37ClN2O4/c34-27-11-7-10-26(20-27)23-36(32(37)17-15-25-14-16-30-31(22-25)40-19-18-39-30)29(21-24-8-3-1-4-9-24)33(38)35-28-12-5-2-6-13-28/h1,3-4,7-11,14,16,20,22,28-29H,2,5-6,12-13,15,17-19,21,23H2,(H,35,38)/t29-/m1/s1. The number of fused-ring (bicyclic) bond motifs is 1. The van der Waals surface area contributed by atoms with Gasteiger partial charge in [-0.25, -0.2) is 0 Å². The maximum absolute atomic E-state index is 14.0. The van der Waals surface area contributed by atoms with Crippen LogP contribution in [0.4, 0.5) is 0 Å². The maximum Gasteiger partial charge on any atom is 0.243 e. The van der Waals surface area contributed by atoms with Crippen LogP contribution >= 0.6 is 11.6 Å². The van der Waals surface area contributed by atoms with E-state index in [0.29, 0.717) is 43.4 Å². The molecule has 0 spiro atoms. The Morgan fingerprint density at radius 3 is 2.38 bits per heavy atom. The topological polar surface area (TPSA) is 67.9 Å². The molecule has 3 aromatic carbocycles. The van der Waals surface area contributed by atoms with Gasteiger partial charge in [-0.3, -0.25) is 9.59 Å². The summed E-state index contributed by atoms with van der Waals surface area (Å²) in [5.74, 6) is 1.27. The Bertz CT molecular complexity index is 1290. The molecule has 2 amide bonds. The molecule has 6 nitrogen and oxygen atoms in total. The van der Waals surface area contributed by atoms with Crippen molar-refractivity contribution in [3.05, 3.63) is 94.5 Å². The fourth-order valence-electron chi connectivity index (χ4n) is 5.57. The number of rotatable bonds is 10. The highest BCUT2D eigenvalue weighted by Gasteiger charge is 2.32. The number of carbonyl (C=O) groups is 2. The first kappa shape index (κ1) is 28.0. The summed E-state index contributed by atoms with van der Waals surface area (Å²) >= 11 is 6.30. The van der Waals surface area contributed by atoms with E-state index >= 15 is 0 Å². The number of ether oxygens (including phenoxy) is 2. The molecule has 210 valence electrons. The van der Waals surface area contributed by atoms with Crippen molar-refractivity contribution in [2.45, 2.75) is 70.0 Å². The van der Waals surface area contributed by atoms with Crippen molar-refractivity contribution in [1.82, 2.24) is 10.2 Å². The van der Waals surface area contributed by atoms with E-state index in [4.69, 9.17) is 21.1 Å². The molecular weight excluding hydrogens is 524 g/mol. The summed E-state index contributed by atoms with van der Waals surface area (Å²) in [6.45, 7) is 1.35. The second kappa shape index (κ2) is 13.7. The number of aryl methyl sites for hydroxylation is 1. The number of halogens is 1. The second-order valence-corrected chi connectivity index (χ2v) is 11.1. The van der Waals surface area contributed by atoms with Crippen LogP contribution in [-0.4, -0.2) is 42.0 Å². The minimum Gasteiger partial charge on any atom is -0.486 e. The molecule has 40 heavy (non-hydrogen) atoms. The Kier molecular flexibility index (Phi) is 9.61. The highest BCUT2D eigenvalue weighted by molar-refractivity contribution is 6.30. The molecule has 1 atom stereocenters. The summed E-state index contributed by atoms with van der Waals surface area (Å²) < 4.78 is 11.4. The lowest BCUT2D eigenvalue weighted by atomic mass is 9.94. The smallest absolute Gasteiger partial charge is 0.243 e. The van der Waals surface area contributed by atoms with Gasteiger partial charge in [0.05, 0.1) is 0 Å². The van der Waals surface area contributed by atoms with Crippen LogP contribution in [0.25, 0.3) is 0 Å². The van der Waals surface area contributed by atoms with Crippen LogP contribution in [-0.2, 0) is 29.0 Å². The number of hydrogen-bond acceptors (Lipinski definition) is 4. The third kappa shape index (κ3) is 7.57. The Morgan fingerprint density at radius 1 is 0.850 bits per heavy atom. The molecule has 1 fully saturated rings. The summed E-state index contributed by atoms with van der Waals surface area (Å²) in [6, 6.07) is 22.8. The Morgan fingerprint density at radius 2 is 1.60 bits per heavy atom. The highest BCUT2D eigenvalue weighted by atomic mass is 35.5. The van der Waals surface area contributed by atoms with Crippen molar-refractivity contribution < 1.29 is 19.1 Å². The summed E-state index contributed by atoms with van der Waals surface area (Å²) in [6.07, 6.45) is 6.65. The molecule has 0 saturated heterocycles. The number of nitrogens with one attached hydrogen (secondary N) is 1. The van der Waals surface area contributed by atoms with E-state index < -0.39 is 6.04 Å². The Balaban J connectivity index is 1.39. The first-order chi connectivity index (χ1) is 19.5. The zero-order valence-electron chi connectivity index (χ0n) is 22.8. The summed E-state index contributed by atoms with van der Waals surface area (Å²) in [5, 5.41) is 3.89. The van der Waals surface area contributed by atoms with Gasteiger partial charge in [0.15, 0.2) is 11.5 Å². The molecule has 7 heteroatoms. The molecule has 2 aliphatic rings. The quantitative estimate of drug-likeness (QED) is 0.324. The third-order valence-electron chi connectivity index (χ3n) is 7.70. The van der Waals surface area contributed by atoms with Gasteiger partial charge in [-0.1, -0.05) is 79.4 Å². The van der Waals surface area contributed by atoms with Gasteiger partial charge in [0.25, 0.3) is 0 Å². The molecule has 0 unspecified atom stereocenters. The lowest BCUT2D eigenvalue weighted by Crippen LogP contribution is -2.52. The van der Waals surface area contributed by atoms with Gasteiger partial charge >= 0.3 is 0 Å². The molecule has 0 aromatic heterocycles. The molecule has 5 rings (SSSR count). The van der Waals surface area contributed by atoms with Crippen LogP contribution in [0.2, 0.25) is 5.02 Å². The first-order valence-corrected chi connectivity index (χ1v) is 14.7. The van der Waals surface area contributed by atoms with Gasteiger partial charge < -0.3 is 19.7 Å². The van der Waals surface area contributed by atoms with E-state index in [1.807, 2.05) is 72.8 Å². The predicted octanol–water partition coefficient (Wildman–Crippen LogP) is 6.13. The SMILES string of the molecule is O=C(NC1CCCCC1)[C@@H](Cc1ccccc1)N(Cc1cccc(Cl)c1)C(=O)CCc1ccc2c(c1)OCCO2. The molecule has 1 aliphatic heterocycles. The lowest BCUT2D eigenvalue weighted by molar-refractivity contribution is -0.141. The molecule has 0 bridgehead atoms. The van der Waals surface area contributed by atoms with E-state index in [9.17, 15) is 9.59 Å². The fraction of sp³-hybridized carbons (Fsp3) is 0.394. The third-order valence-corrected chi connectivity index (χ3v) is 7.93. The first-order valence-electron chi connectivity index (χ1n) is 14.3. The van der Waals surface area contributed by atoms with Crippen molar-refractivity contribution in [2.75, 3.05) is 13.2 Å². The predicted molar refractivity (Wildman–Crippen MR) is 157 cm³/mol. The van der Waals surface area contributed by atoms with E-state index in [0.717, 1.165) is 48.1 Å². The van der Waals surface area contributed by atoms with Crippen molar-refractivity contribution in [2.24, 2.45) is 0 Å². The van der Waals surface area contributed by atoms with Crippen LogP contribution < -0.4 is 14.8 Å². The number of benzene rings is 3. The minimum absolute atomic E-state index is 0.0745. The molecule has 0 radical (unpaired) electrons. The molecule has 1 N–H and O–H groups in total. The van der Waals surface area contributed by atoms with Crippen molar-refractivity contribution >= 4 is 23.4 Å². The highest BCUT2D eigenvalue weighted by Crippen LogP contribution is 2.31. The van der Waals surface area contributed by atoms with Crippen molar-refractivity contribution in [3.63, 3.8) is 0 Å². The molecule has 3 aromatic rings. The Hall–Kier alpha value is -3.51. The number of nitrogens with zero attached hydrogens (tertiary/aromatic N) is 1. The van der Waals surface area contributed by atoms with Crippen LogP contribution in [0, 0.1) is 0 Å². The zero-order chi connectivity index (χ0) is 27.7. The van der Waals surface area contributed by atoms with Crippen molar-refractivity contribution in [3.8, 4) is 11.5 Å². The van der Waals surface area contributed by atoms with Gasteiger partial charge in [0.2, 0.25) is 11.8 Å². The fourth-order valence-corrected chi connectivity index (χ4v) is 5.78. The van der Waals surface area contributed by atoms with Crippen molar-refractivity contribution in [1.29, 1.82) is 0 Å². The van der Waals surface area contributed by atoms with Gasteiger partial charge in [-0.2, -0.15) is 0 Å². The van der Waals surface area contributed by atoms with E-state index in [1.165, 1.54) is 6.42 Å². The zero-order valence-corrected chi connectivity index (χ0v) is 23.6. The summed E-state index contributed by atoms with van der Waals surface area (Å²) in [7, 11) is 0. The molecule has 1 saturated carbocycles. The number of carbonyl (C=O) groups excluding carboxylic acids is 2. The monoisotopic (exact) mass is 560 g/mol. The summed E-state index contributed by atoms with van der Waals surface area (Å²) in [5.41, 5.74) is 2.90. The minimum atomic E-state index is -0.643. The average Bonchev–Trinajstić information content (AvgIpc) is 2.98. The molecule has 1 aliphatic carbocycles. The van der Waals surface area contributed by atoms with Crippen LogP contribution in [0.1, 0.15) is 55.2 Å². The van der Waals surface area contributed by atoms with Crippen LogP contribution in [0.15, 0.2) is 72.8 Å². The maximum atomic E-state index is 14.0. The normalized spacial score (nSPS) is 15.7. The average molecular weight is 561 g/mol. The van der Waals surface area contributed by atoms with Gasteiger partial charge in [0, 0.05) is 30.5 Å². The Labute approximate surface area is 241 Å². The molecular formula is C33H37ClN2O4. The lowest BCUT2D eigenvalue weighted by Gasteiger charge is -2.33. The number of amides is 2. The number of hydrogen-bond donors (Lipinski definition) is 1. The van der Waals surface area contributed by atoms with Crippen LogP contribution in [0.3, 0.4) is 0 Å². The van der Waals surface area contributed by atoms with E-state index in [-0.39, 0.29) is 24.3 Å². The summed E-state index contributed by atoms with van der Waals surface area (Å²) in [4.78, 5) is 29.6. The largest absolute Gasteiger partial charge is 0.486 e. The van der Waals surface area contributed by atoms with Gasteiger partial charge in [-0.05, 0) is 60.2 Å². The van der Waals surface area contributed by atoms with Gasteiger partial charge in [0.1, 0.15) is 19.3 Å². The molecule has 1 heterocycles. The second-order valence-electron chi connectivity index (χ2n) is 10.7.